The van der Waals surface area contributed by atoms with Crippen molar-refractivity contribution >= 4 is 38.6 Å². The van der Waals surface area contributed by atoms with Crippen molar-refractivity contribution in [1.29, 1.82) is 0 Å². The third kappa shape index (κ3) is 5.22. The summed E-state index contributed by atoms with van der Waals surface area (Å²) in [5.74, 6) is -0.286. The van der Waals surface area contributed by atoms with Gasteiger partial charge in [0.1, 0.15) is 5.75 Å². The highest BCUT2D eigenvalue weighted by Crippen LogP contribution is 2.05. The maximum absolute atomic E-state index is 11.3. The first-order chi connectivity index (χ1) is 6.99. The van der Waals surface area contributed by atoms with E-state index in [1.54, 1.807) is 11.3 Å². The lowest BCUT2D eigenvalue weighted by molar-refractivity contribution is 0.586. The van der Waals surface area contributed by atoms with E-state index in [4.69, 9.17) is 5.73 Å². The van der Waals surface area contributed by atoms with Crippen LogP contribution in [-0.2, 0) is 16.4 Å². The van der Waals surface area contributed by atoms with Gasteiger partial charge in [-0.25, -0.2) is 13.1 Å². The van der Waals surface area contributed by atoms with E-state index in [0.29, 0.717) is 13.0 Å². The smallest absolute Gasteiger partial charge is 0.218 e. The monoisotopic (exact) mass is 264 g/mol. The van der Waals surface area contributed by atoms with E-state index in [-0.39, 0.29) is 10.7 Å². The Morgan fingerprint density at radius 2 is 2.33 bits per heavy atom. The second kappa shape index (κ2) is 5.55. The van der Waals surface area contributed by atoms with Gasteiger partial charge >= 0.3 is 0 Å². The molecule has 1 heterocycles. The van der Waals surface area contributed by atoms with Crippen LogP contribution in [0, 0.1) is 0 Å². The molecule has 0 radical (unpaired) electrons. The molecule has 0 aromatic carbocycles. The number of hydrogen-bond acceptors (Lipinski definition) is 4. The minimum atomic E-state index is -3.35. The number of thiocarbonyl (C=S) groups is 1. The fraction of sp³-hybridized carbons (Fsp3) is 0.375. The largest absolute Gasteiger partial charge is 0.392 e. The van der Waals surface area contributed by atoms with Crippen molar-refractivity contribution in [2.45, 2.75) is 6.42 Å². The van der Waals surface area contributed by atoms with Gasteiger partial charge in [-0.1, -0.05) is 12.2 Å². The van der Waals surface area contributed by atoms with Gasteiger partial charge in [0, 0.05) is 6.54 Å². The Bertz CT molecular complexity index is 411. The molecule has 0 bridgehead atoms. The molecule has 0 aliphatic carbocycles. The zero-order valence-corrected chi connectivity index (χ0v) is 10.4. The molecule has 0 spiro atoms. The lowest BCUT2D eigenvalue weighted by Crippen LogP contribution is -2.33. The van der Waals surface area contributed by atoms with E-state index in [0.717, 1.165) is 5.56 Å². The Morgan fingerprint density at radius 1 is 1.60 bits per heavy atom. The van der Waals surface area contributed by atoms with Crippen LogP contribution in [-0.4, -0.2) is 25.7 Å². The predicted molar refractivity (Wildman–Crippen MR) is 66.6 cm³/mol. The van der Waals surface area contributed by atoms with E-state index in [1.165, 1.54) is 0 Å². The number of rotatable bonds is 6. The molecule has 0 aliphatic rings. The fourth-order valence-corrected chi connectivity index (χ4v) is 3.08. The van der Waals surface area contributed by atoms with Crippen LogP contribution in [0.5, 0.6) is 0 Å². The van der Waals surface area contributed by atoms with E-state index in [2.05, 4.69) is 16.9 Å². The Morgan fingerprint density at radius 3 is 2.87 bits per heavy atom. The van der Waals surface area contributed by atoms with Gasteiger partial charge in [0.05, 0.1) is 4.99 Å². The van der Waals surface area contributed by atoms with E-state index in [1.807, 2.05) is 16.8 Å². The van der Waals surface area contributed by atoms with Crippen molar-refractivity contribution in [3.63, 3.8) is 0 Å². The van der Waals surface area contributed by atoms with Crippen molar-refractivity contribution in [2.75, 3.05) is 12.3 Å². The SMILES string of the molecule is NC(=S)CS(=O)(=O)NCCc1ccsc1. The second-order valence-electron chi connectivity index (χ2n) is 3.00. The van der Waals surface area contributed by atoms with Crippen LogP contribution in [0.4, 0.5) is 0 Å². The van der Waals surface area contributed by atoms with Crippen LogP contribution in [0.1, 0.15) is 5.56 Å². The Hall–Kier alpha value is -0.500. The average Bonchev–Trinajstić information content (AvgIpc) is 2.53. The van der Waals surface area contributed by atoms with Crippen LogP contribution < -0.4 is 10.5 Å². The molecule has 1 aromatic heterocycles. The van der Waals surface area contributed by atoms with Gasteiger partial charge in [0.15, 0.2) is 0 Å². The average molecular weight is 264 g/mol. The Balaban J connectivity index is 2.34. The predicted octanol–water partition coefficient (Wildman–Crippen LogP) is 0.496. The number of nitrogens with one attached hydrogen (secondary N) is 1. The summed E-state index contributed by atoms with van der Waals surface area (Å²) < 4.78 is 25.0. The normalized spacial score (nSPS) is 11.5. The lowest BCUT2D eigenvalue weighted by atomic mass is 10.2. The highest BCUT2D eigenvalue weighted by Gasteiger charge is 2.10. The highest BCUT2D eigenvalue weighted by atomic mass is 32.2. The minimum absolute atomic E-state index is 0.0157. The Kier molecular flexibility index (Phi) is 4.65. The van der Waals surface area contributed by atoms with Crippen molar-refractivity contribution < 1.29 is 8.42 Å². The number of hydrogen-bond donors (Lipinski definition) is 2. The molecule has 7 heteroatoms. The summed E-state index contributed by atoms with van der Waals surface area (Å²) in [6.45, 7) is 0.377. The van der Waals surface area contributed by atoms with Crippen molar-refractivity contribution in [2.24, 2.45) is 5.73 Å². The van der Waals surface area contributed by atoms with Crippen LogP contribution >= 0.6 is 23.6 Å². The Labute approximate surface area is 98.5 Å². The summed E-state index contributed by atoms with van der Waals surface area (Å²) in [4.78, 5) is -0.0157. The van der Waals surface area contributed by atoms with E-state index in [9.17, 15) is 8.42 Å². The molecular weight excluding hydrogens is 252 g/mol. The quantitative estimate of drug-likeness (QED) is 0.734. The number of nitrogens with two attached hydrogens (primary N) is 1. The van der Waals surface area contributed by atoms with Crippen LogP contribution in [0.25, 0.3) is 0 Å². The lowest BCUT2D eigenvalue weighted by Gasteiger charge is -2.04. The standard InChI is InChI=1S/C8H12N2O2S3/c9-8(13)6-15(11,12)10-3-1-7-2-4-14-5-7/h2,4-5,10H,1,3,6H2,(H2,9,13). The summed E-state index contributed by atoms with van der Waals surface area (Å²) in [5, 5.41) is 3.95. The molecule has 3 N–H and O–H groups in total. The maximum atomic E-state index is 11.3. The first-order valence-corrected chi connectivity index (χ1v) is 7.27. The summed E-state index contributed by atoms with van der Waals surface area (Å²) in [5.41, 5.74) is 6.28. The molecule has 4 nitrogen and oxygen atoms in total. The molecule has 1 rings (SSSR count). The summed E-state index contributed by atoms with van der Waals surface area (Å²) in [6.07, 6.45) is 0.681. The molecule has 84 valence electrons. The highest BCUT2D eigenvalue weighted by molar-refractivity contribution is 7.92. The molecule has 1 aromatic rings. The van der Waals surface area contributed by atoms with Crippen molar-refractivity contribution in [3.8, 4) is 0 Å². The molecular formula is C8H12N2O2S3. The van der Waals surface area contributed by atoms with Crippen molar-refractivity contribution in [3.05, 3.63) is 22.4 Å². The van der Waals surface area contributed by atoms with Crippen LogP contribution in [0.2, 0.25) is 0 Å². The molecule has 0 saturated carbocycles. The third-order valence-corrected chi connectivity index (χ3v) is 4.04. The minimum Gasteiger partial charge on any atom is -0.392 e. The molecule has 0 saturated heterocycles. The number of thiophene rings is 1. The maximum Gasteiger partial charge on any atom is 0.218 e. The molecule has 15 heavy (non-hydrogen) atoms. The zero-order chi connectivity index (χ0) is 11.3. The first kappa shape index (κ1) is 12.6. The third-order valence-electron chi connectivity index (χ3n) is 1.65. The van der Waals surface area contributed by atoms with Gasteiger partial charge in [-0.3, -0.25) is 0 Å². The van der Waals surface area contributed by atoms with E-state index >= 15 is 0 Å². The van der Waals surface area contributed by atoms with Gasteiger partial charge in [-0.15, -0.1) is 0 Å². The summed E-state index contributed by atoms with van der Waals surface area (Å²) in [6, 6.07) is 1.96. The molecule has 0 fully saturated rings. The van der Waals surface area contributed by atoms with Gasteiger partial charge in [-0.2, -0.15) is 11.3 Å². The topological polar surface area (TPSA) is 72.2 Å². The van der Waals surface area contributed by atoms with Gasteiger partial charge in [-0.05, 0) is 28.8 Å². The van der Waals surface area contributed by atoms with Gasteiger partial charge in [0.2, 0.25) is 10.0 Å². The fourth-order valence-electron chi connectivity index (χ4n) is 1.02. The molecule has 0 unspecified atom stereocenters. The van der Waals surface area contributed by atoms with Gasteiger partial charge < -0.3 is 5.73 Å². The zero-order valence-electron chi connectivity index (χ0n) is 7.97. The van der Waals surface area contributed by atoms with Crippen LogP contribution in [0.15, 0.2) is 16.8 Å². The summed E-state index contributed by atoms with van der Waals surface area (Å²) >= 11 is 6.12. The van der Waals surface area contributed by atoms with Crippen LogP contribution in [0.3, 0.4) is 0 Å². The summed E-state index contributed by atoms with van der Waals surface area (Å²) in [7, 11) is -3.35. The van der Waals surface area contributed by atoms with E-state index < -0.39 is 10.0 Å². The molecule has 0 aliphatic heterocycles. The first-order valence-electron chi connectivity index (χ1n) is 4.26. The second-order valence-corrected chi connectivity index (χ2v) is 6.11. The molecule has 0 amide bonds. The number of sulfonamides is 1. The molecule has 0 atom stereocenters. The van der Waals surface area contributed by atoms with Crippen molar-refractivity contribution in [1.82, 2.24) is 4.72 Å². The van der Waals surface area contributed by atoms with Gasteiger partial charge in [0.25, 0.3) is 0 Å².